The van der Waals surface area contributed by atoms with Gasteiger partial charge in [0.2, 0.25) is 5.91 Å². The molecule has 0 spiro atoms. The summed E-state index contributed by atoms with van der Waals surface area (Å²) in [6, 6.07) is -0.550. The lowest BCUT2D eigenvalue weighted by atomic mass is 9.97. The summed E-state index contributed by atoms with van der Waals surface area (Å²) in [6.07, 6.45) is 2.89. The van der Waals surface area contributed by atoms with Gasteiger partial charge in [0.05, 0.1) is 0 Å². The highest BCUT2D eigenvalue weighted by Crippen LogP contribution is 2.23. The van der Waals surface area contributed by atoms with Crippen LogP contribution in [0.1, 0.15) is 33.1 Å². The van der Waals surface area contributed by atoms with Gasteiger partial charge in [-0.3, -0.25) is 19.3 Å². The van der Waals surface area contributed by atoms with E-state index >= 15 is 0 Å². The molecule has 110 valence electrons. The zero-order valence-corrected chi connectivity index (χ0v) is 12.0. The van der Waals surface area contributed by atoms with Gasteiger partial charge in [0.15, 0.2) is 0 Å². The Morgan fingerprint density at radius 1 is 1.10 bits per heavy atom. The van der Waals surface area contributed by atoms with Gasteiger partial charge in [-0.2, -0.15) is 0 Å². The molecule has 2 atom stereocenters. The van der Waals surface area contributed by atoms with Crippen LogP contribution in [-0.2, 0) is 14.4 Å². The van der Waals surface area contributed by atoms with Crippen molar-refractivity contribution in [3.63, 3.8) is 0 Å². The van der Waals surface area contributed by atoms with Gasteiger partial charge in [0.1, 0.15) is 6.54 Å². The largest absolute Gasteiger partial charge is 0.336 e. The molecule has 2 heterocycles. The predicted molar refractivity (Wildman–Crippen MR) is 69.5 cm³/mol. The molecule has 7 heteroatoms. The normalized spacial score (nSPS) is 27.6. The van der Waals surface area contributed by atoms with E-state index in [1.165, 1.54) is 7.05 Å². The Balaban J connectivity index is 2.10. The number of imide groups is 2. The number of nitrogens with zero attached hydrogens (tertiary/aromatic N) is 3. The van der Waals surface area contributed by atoms with E-state index in [0.717, 1.165) is 29.1 Å². The summed E-state index contributed by atoms with van der Waals surface area (Å²) in [4.78, 5) is 50.3. The lowest BCUT2D eigenvalue weighted by Crippen LogP contribution is -2.52. The molecule has 0 aromatic rings. The topological polar surface area (TPSA) is 78.0 Å². The first-order valence-electron chi connectivity index (χ1n) is 6.79. The lowest BCUT2D eigenvalue weighted by molar-refractivity contribution is -0.146. The summed E-state index contributed by atoms with van der Waals surface area (Å²) in [6.45, 7) is 3.55. The maximum Gasteiger partial charge on any atom is 0.334 e. The Bertz CT molecular complexity index is 466. The van der Waals surface area contributed by atoms with Gasteiger partial charge in [-0.05, 0) is 33.1 Å². The van der Waals surface area contributed by atoms with E-state index in [4.69, 9.17) is 0 Å². The molecule has 20 heavy (non-hydrogen) atoms. The summed E-state index contributed by atoms with van der Waals surface area (Å²) in [5.41, 5.74) is 0. The minimum atomic E-state index is -0.928. The van der Waals surface area contributed by atoms with Gasteiger partial charge in [-0.1, -0.05) is 0 Å². The molecule has 0 radical (unpaired) electrons. The molecule has 0 N–H and O–H groups in total. The smallest absolute Gasteiger partial charge is 0.334 e. The highest BCUT2D eigenvalue weighted by molar-refractivity contribution is 6.44. The van der Waals surface area contributed by atoms with Crippen molar-refractivity contribution in [2.75, 3.05) is 13.6 Å². The van der Waals surface area contributed by atoms with Gasteiger partial charge in [0, 0.05) is 19.1 Å². The maximum atomic E-state index is 12.3. The van der Waals surface area contributed by atoms with Crippen molar-refractivity contribution in [2.24, 2.45) is 0 Å². The average Bonchev–Trinajstić information content (AvgIpc) is 2.56. The third-order valence-corrected chi connectivity index (χ3v) is 4.03. The maximum absolute atomic E-state index is 12.3. The number of urea groups is 1. The zero-order valence-electron chi connectivity index (χ0n) is 12.0. The molecule has 0 saturated carbocycles. The molecule has 7 nitrogen and oxygen atoms in total. The van der Waals surface area contributed by atoms with Crippen LogP contribution in [-0.4, -0.2) is 64.1 Å². The van der Waals surface area contributed by atoms with Crippen molar-refractivity contribution in [1.29, 1.82) is 0 Å². The molecule has 2 rings (SSSR count). The van der Waals surface area contributed by atoms with Crippen LogP contribution in [0, 0.1) is 0 Å². The number of likely N-dealkylation sites (tertiary alicyclic amines) is 1. The van der Waals surface area contributed by atoms with Crippen LogP contribution in [0.25, 0.3) is 0 Å². The Kier molecular flexibility index (Phi) is 3.78. The van der Waals surface area contributed by atoms with Crippen molar-refractivity contribution < 1.29 is 19.2 Å². The van der Waals surface area contributed by atoms with Crippen LogP contribution in [0.15, 0.2) is 0 Å². The number of likely N-dealkylation sites (N-methyl/N-ethyl adjacent to an activating group) is 1. The summed E-state index contributed by atoms with van der Waals surface area (Å²) in [7, 11) is 1.24. The van der Waals surface area contributed by atoms with Gasteiger partial charge in [-0.25, -0.2) is 9.69 Å². The molecule has 2 saturated heterocycles. The summed E-state index contributed by atoms with van der Waals surface area (Å²) in [5.74, 6) is -2.10. The lowest BCUT2D eigenvalue weighted by Gasteiger charge is -2.39. The standard InChI is InChI=1S/C13H19N3O4/c1-8-5-4-6-9(2)16(8)10(17)7-15-12(19)11(18)14(3)13(15)20/h8-9H,4-7H2,1-3H3/t8-,9-/m0/s1. The number of rotatable bonds is 2. The van der Waals surface area contributed by atoms with Crippen LogP contribution in [0.3, 0.4) is 0 Å². The second-order valence-corrected chi connectivity index (χ2v) is 5.47. The number of carbonyl (C=O) groups is 4. The van der Waals surface area contributed by atoms with E-state index in [-0.39, 0.29) is 24.5 Å². The second kappa shape index (κ2) is 5.22. The van der Waals surface area contributed by atoms with E-state index in [1.54, 1.807) is 4.90 Å². The van der Waals surface area contributed by atoms with Gasteiger partial charge in [0.25, 0.3) is 0 Å². The van der Waals surface area contributed by atoms with Crippen molar-refractivity contribution in [1.82, 2.24) is 14.7 Å². The highest BCUT2D eigenvalue weighted by atomic mass is 16.2. The van der Waals surface area contributed by atoms with Crippen molar-refractivity contribution in [3.05, 3.63) is 0 Å². The van der Waals surface area contributed by atoms with Gasteiger partial charge in [-0.15, -0.1) is 0 Å². The minimum absolute atomic E-state index is 0.0903. The number of hydrogen-bond donors (Lipinski definition) is 0. The Morgan fingerprint density at radius 2 is 1.65 bits per heavy atom. The molecule has 0 unspecified atom stereocenters. The average molecular weight is 281 g/mol. The predicted octanol–water partition coefficient (Wildman–Crippen LogP) is 0.196. The molecular weight excluding hydrogens is 262 g/mol. The fourth-order valence-corrected chi connectivity index (χ4v) is 2.88. The van der Waals surface area contributed by atoms with E-state index in [9.17, 15) is 19.2 Å². The van der Waals surface area contributed by atoms with Crippen molar-refractivity contribution >= 4 is 23.8 Å². The molecule has 0 aromatic heterocycles. The molecular formula is C13H19N3O4. The SMILES string of the molecule is C[C@H]1CCC[C@H](C)N1C(=O)CN1C(=O)C(=O)N(C)C1=O. The van der Waals surface area contributed by atoms with Crippen molar-refractivity contribution in [3.8, 4) is 0 Å². The zero-order chi connectivity index (χ0) is 15.0. The van der Waals surface area contributed by atoms with Crippen LogP contribution >= 0.6 is 0 Å². The Labute approximate surface area is 117 Å². The fourth-order valence-electron chi connectivity index (χ4n) is 2.88. The van der Waals surface area contributed by atoms with Crippen LogP contribution in [0.2, 0.25) is 0 Å². The molecule has 2 fully saturated rings. The monoisotopic (exact) mass is 281 g/mol. The molecule has 5 amide bonds. The minimum Gasteiger partial charge on any atom is -0.336 e. The van der Waals surface area contributed by atoms with Gasteiger partial charge < -0.3 is 4.90 Å². The number of carbonyl (C=O) groups excluding carboxylic acids is 4. The number of piperidine rings is 1. The Morgan fingerprint density at radius 3 is 2.10 bits per heavy atom. The molecule has 0 aliphatic carbocycles. The first-order valence-corrected chi connectivity index (χ1v) is 6.79. The molecule has 2 aliphatic heterocycles. The van der Waals surface area contributed by atoms with E-state index < -0.39 is 17.8 Å². The highest BCUT2D eigenvalue weighted by Gasteiger charge is 2.44. The van der Waals surface area contributed by atoms with E-state index in [2.05, 4.69) is 0 Å². The first-order chi connectivity index (χ1) is 9.34. The molecule has 2 aliphatic rings. The summed E-state index contributed by atoms with van der Waals surface area (Å²) < 4.78 is 0. The third kappa shape index (κ3) is 2.28. The molecule has 0 aromatic carbocycles. The fraction of sp³-hybridized carbons (Fsp3) is 0.692. The van der Waals surface area contributed by atoms with Gasteiger partial charge >= 0.3 is 17.8 Å². The van der Waals surface area contributed by atoms with Crippen LogP contribution in [0.5, 0.6) is 0 Å². The Hall–Kier alpha value is -1.92. The summed E-state index contributed by atoms with van der Waals surface area (Å²) >= 11 is 0. The molecule has 0 bridgehead atoms. The van der Waals surface area contributed by atoms with Crippen LogP contribution in [0.4, 0.5) is 4.79 Å². The second-order valence-electron chi connectivity index (χ2n) is 5.47. The third-order valence-electron chi connectivity index (χ3n) is 4.03. The number of amides is 5. The van der Waals surface area contributed by atoms with Crippen molar-refractivity contribution in [2.45, 2.75) is 45.2 Å². The summed E-state index contributed by atoms with van der Waals surface area (Å²) in [5, 5.41) is 0. The van der Waals surface area contributed by atoms with Crippen LogP contribution < -0.4 is 0 Å². The quantitative estimate of drug-likeness (QED) is 0.535. The number of hydrogen-bond acceptors (Lipinski definition) is 4. The first kappa shape index (κ1) is 14.5. The van der Waals surface area contributed by atoms with E-state index in [1.807, 2.05) is 13.8 Å². The van der Waals surface area contributed by atoms with E-state index in [0.29, 0.717) is 0 Å².